The van der Waals surface area contributed by atoms with Crippen molar-refractivity contribution in [3.8, 4) is 11.3 Å². The molecule has 0 unspecified atom stereocenters. The van der Waals surface area contributed by atoms with E-state index in [1.54, 1.807) is 31.4 Å². The van der Waals surface area contributed by atoms with Crippen LogP contribution in [0.5, 0.6) is 0 Å². The first-order valence-electron chi connectivity index (χ1n) is 8.33. The molecule has 0 atom stereocenters. The number of ether oxygens (including phenoxy) is 1. The highest BCUT2D eigenvalue weighted by atomic mass is 35.5. The monoisotopic (exact) mass is 364 g/mol. The smallest absolute Gasteiger partial charge is 0.343 e. The molecule has 0 radical (unpaired) electrons. The topological polar surface area (TPSA) is 75.8 Å². The van der Waals surface area contributed by atoms with E-state index in [0.717, 1.165) is 39.0 Å². The molecule has 1 aliphatic heterocycles. The minimum Gasteiger partial charge on any atom is -0.477 e. The molecule has 0 amide bonds. The molecule has 0 aliphatic carbocycles. The summed E-state index contributed by atoms with van der Waals surface area (Å²) in [6, 6.07) is 6.87. The number of aromatic carboxylic acids is 1. The van der Waals surface area contributed by atoms with Gasteiger partial charge in [0.25, 0.3) is 0 Å². The van der Waals surface area contributed by atoms with Crippen LogP contribution in [-0.4, -0.2) is 43.0 Å². The Morgan fingerprint density at radius 1 is 1.36 bits per heavy atom. The van der Waals surface area contributed by atoms with Crippen LogP contribution in [0.25, 0.3) is 11.3 Å². The Bertz CT molecular complexity index is 721. The maximum atomic E-state index is 11.8. The molecule has 7 heteroatoms. The molecule has 0 spiro atoms. The fourth-order valence-corrected chi connectivity index (χ4v) is 3.33. The number of carboxylic acids is 1. The maximum absolute atomic E-state index is 11.8. The largest absolute Gasteiger partial charge is 0.477 e. The average molecular weight is 365 g/mol. The Balaban J connectivity index is 1.81. The molecule has 1 aromatic heterocycles. The number of carboxylic acid groups (broad SMARTS) is 1. The quantitative estimate of drug-likeness (QED) is 0.836. The number of piperidine rings is 1. The van der Waals surface area contributed by atoms with E-state index in [1.165, 1.54) is 0 Å². The van der Waals surface area contributed by atoms with E-state index < -0.39 is 5.97 Å². The van der Waals surface area contributed by atoms with Crippen molar-refractivity contribution in [2.45, 2.75) is 19.3 Å². The molecular weight excluding hydrogens is 344 g/mol. The van der Waals surface area contributed by atoms with Crippen LogP contribution in [0.4, 0.5) is 5.82 Å². The van der Waals surface area contributed by atoms with Crippen molar-refractivity contribution in [2.75, 3.05) is 31.7 Å². The van der Waals surface area contributed by atoms with Gasteiger partial charge < -0.3 is 19.3 Å². The molecule has 1 saturated heterocycles. The molecule has 1 aliphatic rings. The van der Waals surface area contributed by atoms with Crippen LogP contribution in [0.2, 0.25) is 5.02 Å². The molecule has 1 aromatic carbocycles. The molecular formula is C18H21ClN2O4. The molecule has 6 nitrogen and oxygen atoms in total. The Labute approximate surface area is 151 Å². The van der Waals surface area contributed by atoms with Gasteiger partial charge in [0, 0.05) is 37.4 Å². The van der Waals surface area contributed by atoms with Gasteiger partial charge in [-0.3, -0.25) is 0 Å². The second-order valence-electron chi connectivity index (χ2n) is 6.23. The van der Waals surface area contributed by atoms with Gasteiger partial charge in [-0.1, -0.05) is 16.8 Å². The van der Waals surface area contributed by atoms with Gasteiger partial charge in [-0.2, -0.15) is 0 Å². The molecule has 1 N–H and O–H groups in total. The number of halogens is 1. The van der Waals surface area contributed by atoms with Crippen LogP contribution in [0.3, 0.4) is 0 Å². The van der Waals surface area contributed by atoms with E-state index in [1.807, 2.05) is 4.90 Å². The summed E-state index contributed by atoms with van der Waals surface area (Å²) < 4.78 is 10.5. The van der Waals surface area contributed by atoms with Crippen LogP contribution in [0.15, 0.2) is 28.8 Å². The van der Waals surface area contributed by atoms with E-state index in [-0.39, 0.29) is 11.3 Å². The van der Waals surface area contributed by atoms with Gasteiger partial charge in [0.1, 0.15) is 0 Å². The fraction of sp³-hybridized carbons (Fsp3) is 0.444. The summed E-state index contributed by atoms with van der Waals surface area (Å²) in [5.41, 5.74) is 0.758. The summed E-state index contributed by atoms with van der Waals surface area (Å²) in [5, 5.41) is 14.3. The van der Waals surface area contributed by atoms with Crippen LogP contribution < -0.4 is 4.90 Å². The molecule has 134 valence electrons. The lowest BCUT2D eigenvalue weighted by molar-refractivity contribution is 0.0697. The van der Waals surface area contributed by atoms with Crippen LogP contribution in [-0.2, 0) is 4.74 Å². The normalized spacial score (nSPS) is 15.5. The third-order valence-corrected chi connectivity index (χ3v) is 4.89. The van der Waals surface area contributed by atoms with Crippen LogP contribution >= 0.6 is 11.6 Å². The number of methoxy groups -OCH3 is 1. The highest BCUT2D eigenvalue weighted by Gasteiger charge is 2.29. The third-order valence-electron chi connectivity index (χ3n) is 4.64. The zero-order valence-corrected chi connectivity index (χ0v) is 14.8. The second kappa shape index (κ2) is 7.89. The summed E-state index contributed by atoms with van der Waals surface area (Å²) in [5.74, 6) is 0.234. The molecule has 2 heterocycles. The summed E-state index contributed by atoms with van der Waals surface area (Å²) in [7, 11) is 1.71. The number of anilines is 1. The summed E-state index contributed by atoms with van der Waals surface area (Å²) in [4.78, 5) is 13.8. The van der Waals surface area contributed by atoms with Crippen LogP contribution in [0.1, 0.15) is 29.6 Å². The van der Waals surface area contributed by atoms with Crippen molar-refractivity contribution in [1.82, 2.24) is 5.16 Å². The van der Waals surface area contributed by atoms with E-state index >= 15 is 0 Å². The van der Waals surface area contributed by atoms with Gasteiger partial charge >= 0.3 is 5.97 Å². The van der Waals surface area contributed by atoms with Crippen molar-refractivity contribution < 1.29 is 19.2 Å². The standard InChI is InChI=1S/C18H21ClN2O4/c1-24-11-8-12-6-9-21(10-7-12)17-15(18(22)23)16(25-20-17)13-2-4-14(19)5-3-13/h2-5,12H,6-11H2,1H3,(H,22,23). The Hall–Kier alpha value is -2.05. The first-order chi connectivity index (χ1) is 12.1. The van der Waals surface area contributed by atoms with Crippen molar-refractivity contribution >= 4 is 23.4 Å². The summed E-state index contributed by atoms with van der Waals surface area (Å²) >= 11 is 5.90. The van der Waals surface area contributed by atoms with Crippen molar-refractivity contribution in [3.63, 3.8) is 0 Å². The van der Waals surface area contributed by atoms with Gasteiger partial charge in [-0.25, -0.2) is 4.79 Å². The third kappa shape index (κ3) is 3.96. The second-order valence-corrected chi connectivity index (χ2v) is 6.67. The van der Waals surface area contributed by atoms with Crippen molar-refractivity contribution in [1.29, 1.82) is 0 Å². The number of benzene rings is 1. The predicted octanol–water partition coefficient (Wildman–Crippen LogP) is 3.95. The average Bonchev–Trinajstić information content (AvgIpc) is 3.06. The molecule has 0 saturated carbocycles. The summed E-state index contributed by atoms with van der Waals surface area (Å²) in [6.45, 7) is 2.29. The highest BCUT2D eigenvalue weighted by Crippen LogP contribution is 2.34. The lowest BCUT2D eigenvalue weighted by Crippen LogP contribution is -2.35. The number of carbonyl (C=O) groups is 1. The first-order valence-corrected chi connectivity index (χ1v) is 8.70. The number of hydrogen-bond acceptors (Lipinski definition) is 5. The molecule has 0 bridgehead atoms. The Morgan fingerprint density at radius 3 is 2.64 bits per heavy atom. The first kappa shape index (κ1) is 17.8. The van der Waals surface area contributed by atoms with Crippen LogP contribution in [0, 0.1) is 5.92 Å². The van der Waals surface area contributed by atoms with E-state index in [4.69, 9.17) is 20.9 Å². The van der Waals surface area contributed by atoms with E-state index in [9.17, 15) is 9.90 Å². The molecule has 3 rings (SSSR count). The molecule has 25 heavy (non-hydrogen) atoms. The molecule has 1 fully saturated rings. The highest BCUT2D eigenvalue weighted by molar-refractivity contribution is 6.30. The zero-order chi connectivity index (χ0) is 17.8. The number of aromatic nitrogens is 1. The summed E-state index contributed by atoms with van der Waals surface area (Å²) in [6.07, 6.45) is 3.02. The van der Waals surface area contributed by atoms with Crippen molar-refractivity contribution in [3.05, 3.63) is 34.9 Å². The van der Waals surface area contributed by atoms with Crippen molar-refractivity contribution in [2.24, 2.45) is 5.92 Å². The van der Waals surface area contributed by atoms with Gasteiger partial charge in [0.05, 0.1) is 0 Å². The number of nitrogens with zero attached hydrogens (tertiary/aromatic N) is 2. The fourth-order valence-electron chi connectivity index (χ4n) is 3.21. The SMILES string of the molecule is COCCC1CCN(c2noc(-c3ccc(Cl)cc3)c2C(=O)O)CC1. The lowest BCUT2D eigenvalue weighted by Gasteiger charge is -2.32. The van der Waals surface area contributed by atoms with Gasteiger partial charge in [-0.15, -0.1) is 0 Å². The maximum Gasteiger partial charge on any atom is 0.343 e. The Morgan fingerprint density at radius 2 is 2.04 bits per heavy atom. The van der Waals surface area contributed by atoms with E-state index in [2.05, 4.69) is 5.16 Å². The minimum absolute atomic E-state index is 0.109. The molecule has 2 aromatic rings. The number of hydrogen-bond donors (Lipinski definition) is 1. The van der Waals surface area contributed by atoms with Gasteiger partial charge in [-0.05, 0) is 49.4 Å². The zero-order valence-electron chi connectivity index (χ0n) is 14.1. The lowest BCUT2D eigenvalue weighted by atomic mass is 9.93. The van der Waals surface area contributed by atoms with Gasteiger partial charge in [0.2, 0.25) is 0 Å². The van der Waals surface area contributed by atoms with Gasteiger partial charge in [0.15, 0.2) is 17.1 Å². The predicted molar refractivity (Wildman–Crippen MR) is 95.3 cm³/mol. The minimum atomic E-state index is -1.04. The Kier molecular flexibility index (Phi) is 5.60. The van der Waals surface area contributed by atoms with E-state index in [0.29, 0.717) is 22.3 Å². The number of rotatable bonds is 6.